The molecule has 0 amide bonds. The summed E-state index contributed by atoms with van der Waals surface area (Å²) in [7, 11) is 0. The molecule has 82 valence electrons. The molecule has 0 aliphatic rings. The van der Waals surface area contributed by atoms with Gasteiger partial charge in [-0.3, -0.25) is 9.48 Å². The summed E-state index contributed by atoms with van der Waals surface area (Å²) in [5.41, 5.74) is 1.29. The molecule has 0 bridgehead atoms. The number of benzene rings is 1. The topological polar surface area (TPSA) is 34.9 Å². The maximum atomic E-state index is 13.0. The van der Waals surface area contributed by atoms with Crippen LogP contribution >= 0.6 is 15.9 Å². The summed E-state index contributed by atoms with van der Waals surface area (Å²) in [6.07, 6.45) is 3.81. The number of halogens is 2. The van der Waals surface area contributed by atoms with Crippen molar-refractivity contribution in [1.29, 1.82) is 0 Å². The number of rotatable bonds is 3. The van der Waals surface area contributed by atoms with Gasteiger partial charge in [0.15, 0.2) is 6.29 Å². The van der Waals surface area contributed by atoms with Gasteiger partial charge in [0.1, 0.15) is 5.82 Å². The molecule has 0 fully saturated rings. The van der Waals surface area contributed by atoms with Crippen molar-refractivity contribution in [2.75, 3.05) is 0 Å². The van der Waals surface area contributed by atoms with Gasteiger partial charge in [0.2, 0.25) is 0 Å². The van der Waals surface area contributed by atoms with E-state index in [4.69, 9.17) is 0 Å². The smallest absolute Gasteiger partial charge is 0.153 e. The summed E-state index contributed by atoms with van der Waals surface area (Å²) in [6, 6.07) is 4.47. The Kier molecular flexibility index (Phi) is 3.14. The molecule has 0 radical (unpaired) electrons. The second-order valence-electron chi connectivity index (χ2n) is 3.32. The Labute approximate surface area is 100 Å². The van der Waals surface area contributed by atoms with E-state index in [-0.39, 0.29) is 5.82 Å². The third kappa shape index (κ3) is 2.36. The van der Waals surface area contributed by atoms with E-state index in [9.17, 15) is 9.18 Å². The number of nitrogens with zero attached hydrogens (tertiary/aromatic N) is 2. The van der Waals surface area contributed by atoms with Crippen LogP contribution in [0, 0.1) is 5.82 Å². The summed E-state index contributed by atoms with van der Waals surface area (Å²) < 4.78 is 15.4. The van der Waals surface area contributed by atoms with Crippen LogP contribution in [-0.4, -0.2) is 16.1 Å². The van der Waals surface area contributed by atoms with Crippen molar-refractivity contribution in [3.8, 4) is 0 Å². The molecule has 0 atom stereocenters. The lowest BCUT2D eigenvalue weighted by Gasteiger charge is -2.04. The Morgan fingerprint density at radius 3 is 3.00 bits per heavy atom. The maximum Gasteiger partial charge on any atom is 0.153 e. The van der Waals surface area contributed by atoms with Gasteiger partial charge < -0.3 is 0 Å². The molecule has 16 heavy (non-hydrogen) atoms. The Morgan fingerprint density at radius 2 is 2.31 bits per heavy atom. The fourth-order valence-electron chi connectivity index (χ4n) is 1.37. The largest absolute Gasteiger partial charge is 0.298 e. The molecular formula is C11H8BrFN2O. The standard InChI is InChI=1S/C11H8BrFN2O/c12-11-2-1-10(13)3-9(11)6-15-5-8(7-16)4-14-15/h1-5,7H,6H2. The van der Waals surface area contributed by atoms with E-state index in [1.165, 1.54) is 18.3 Å². The van der Waals surface area contributed by atoms with Crippen molar-refractivity contribution in [3.63, 3.8) is 0 Å². The fraction of sp³-hybridized carbons (Fsp3) is 0.0909. The second kappa shape index (κ2) is 4.57. The number of carbonyl (C=O) groups excluding carboxylic acids is 1. The molecule has 0 saturated carbocycles. The minimum Gasteiger partial charge on any atom is -0.298 e. The van der Waals surface area contributed by atoms with Crippen LogP contribution in [0.4, 0.5) is 4.39 Å². The van der Waals surface area contributed by atoms with Gasteiger partial charge in [0.25, 0.3) is 0 Å². The van der Waals surface area contributed by atoms with Crippen molar-refractivity contribution in [2.24, 2.45) is 0 Å². The molecule has 3 nitrogen and oxygen atoms in total. The van der Waals surface area contributed by atoms with Crippen molar-refractivity contribution < 1.29 is 9.18 Å². The van der Waals surface area contributed by atoms with Gasteiger partial charge in [-0.15, -0.1) is 0 Å². The number of hydrogen-bond acceptors (Lipinski definition) is 2. The highest BCUT2D eigenvalue weighted by atomic mass is 79.9. The summed E-state index contributed by atoms with van der Waals surface area (Å²) >= 11 is 3.33. The molecule has 2 rings (SSSR count). The lowest BCUT2D eigenvalue weighted by molar-refractivity contribution is 0.112. The molecule has 1 aromatic heterocycles. The summed E-state index contributed by atoms with van der Waals surface area (Å²) in [6.45, 7) is 0.423. The fourth-order valence-corrected chi connectivity index (χ4v) is 1.74. The number of aldehydes is 1. The first-order valence-corrected chi connectivity index (χ1v) is 5.40. The van der Waals surface area contributed by atoms with Gasteiger partial charge in [0, 0.05) is 10.7 Å². The van der Waals surface area contributed by atoms with Crippen LogP contribution in [0.3, 0.4) is 0 Å². The van der Waals surface area contributed by atoms with E-state index in [1.807, 2.05) is 0 Å². The predicted octanol–water partition coefficient (Wildman–Crippen LogP) is 2.65. The van der Waals surface area contributed by atoms with Crippen molar-refractivity contribution in [1.82, 2.24) is 9.78 Å². The average Bonchev–Trinajstić information content (AvgIpc) is 2.71. The van der Waals surface area contributed by atoms with Crippen LogP contribution in [-0.2, 0) is 6.54 Å². The first-order valence-electron chi connectivity index (χ1n) is 4.60. The number of aromatic nitrogens is 2. The van der Waals surface area contributed by atoms with Crippen LogP contribution < -0.4 is 0 Å². The first-order chi connectivity index (χ1) is 7.69. The zero-order valence-electron chi connectivity index (χ0n) is 8.23. The highest BCUT2D eigenvalue weighted by Crippen LogP contribution is 2.18. The quantitative estimate of drug-likeness (QED) is 0.812. The Morgan fingerprint density at radius 1 is 1.50 bits per heavy atom. The molecular weight excluding hydrogens is 275 g/mol. The summed E-state index contributed by atoms with van der Waals surface area (Å²) in [5.74, 6) is -0.291. The molecule has 1 aromatic carbocycles. The monoisotopic (exact) mass is 282 g/mol. The number of carbonyl (C=O) groups is 1. The zero-order chi connectivity index (χ0) is 11.5. The van der Waals surface area contributed by atoms with Crippen molar-refractivity contribution in [3.05, 3.63) is 52.0 Å². The second-order valence-corrected chi connectivity index (χ2v) is 4.18. The van der Waals surface area contributed by atoms with Crippen LogP contribution in [0.1, 0.15) is 15.9 Å². The highest BCUT2D eigenvalue weighted by molar-refractivity contribution is 9.10. The van der Waals surface area contributed by atoms with E-state index in [0.29, 0.717) is 12.1 Å². The average molecular weight is 283 g/mol. The van der Waals surface area contributed by atoms with E-state index in [1.54, 1.807) is 16.9 Å². The van der Waals surface area contributed by atoms with Gasteiger partial charge in [-0.25, -0.2) is 4.39 Å². The van der Waals surface area contributed by atoms with Crippen molar-refractivity contribution in [2.45, 2.75) is 6.54 Å². The molecule has 0 aliphatic carbocycles. The molecule has 0 aliphatic heterocycles. The number of hydrogen-bond donors (Lipinski definition) is 0. The van der Waals surface area contributed by atoms with Crippen LogP contribution in [0.2, 0.25) is 0 Å². The highest BCUT2D eigenvalue weighted by Gasteiger charge is 2.04. The van der Waals surface area contributed by atoms with Gasteiger partial charge >= 0.3 is 0 Å². The minimum absolute atomic E-state index is 0.291. The molecule has 0 unspecified atom stereocenters. The zero-order valence-corrected chi connectivity index (χ0v) is 9.82. The van der Waals surface area contributed by atoms with Gasteiger partial charge in [-0.05, 0) is 23.8 Å². The minimum atomic E-state index is -0.291. The van der Waals surface area contributed by atoms with E-state index >= 15 is 0 Å². The van der Waals surface area contributed by atoms with Gasteiger partial charge in [-0.1, -0.05) is 15.9 Å². The Hall–Kier alpha value is -1.49. The van der Waals surface area contributed by atoms with E-state index < -0.39 is 0 Å². The van der Waals surface area contributed by atoms with Crippen molar-refractivity contribution >= 4 is 22.2 Å². The SMILES string of the molecule is O=Cc1cnn(Cc2cc(F)ccc2Br)c1. The lowest BCUT2D eigenvalue weighted by Crippen LogP contribution is -2.01. The van der Waals surface area contributed by atoms with Crippen LogP contribution in [0.5, 0.6) is 0 Å². The predicted molar refractivity (Wildman–Crippen MR) is 60.8 cm³/mol. The molecule has 0 N–H and O–H groups in total. The van der Waals surface area contributed by atoms with Crippen LogP contribution in [0.15, 0.2) is 35.1 Å². The Bertz CT molecular complexity index is 524. The van der Waals surface area contributed by atoms with Gasteiger partial charge in [-0.2, -0.15) is 5.10 Å². The van der Waals surface area contributed by atoms with E-state index in [0.717, 1.165) is 16.3 Å². The third-order valence-electron chi connectivity index (χ3n) is 2.13. The maximum absolute atomic E-state index is 13.0. The lowest BCUT2D eigenvalue weighted by atomic mass is 10.2. The molecule has 0 spiro atoms. The van der Waals surface area contributed by atoms with Crippen LogP contribution in [0.25, 0.3) is 0 Å². The molecule has 2 aromatic rings. The van der Waals surface area contributed by atoms with Gasteiger partial charge in [0.05, 0.1) is 18.3 Å². The molecule has 1 heterocycles. The summed E-state index contributed by atoms with van der Waals surface area (Å²) in [4.78, 5) is 10.5. The molecule has 0 saturated heterocycles. The van der Waals surface area contributed by atoms with E-state index in [2.05, 4.69) is 21.0 Å². The molecule has 5 heteroatoms. The third-order valence-corrected chi connectivity index (χ3v) is 2.90. The summed E-state index contributed by atoms with van der Waals surface area (Å²) in [5, 5.41) is 4.00. The normalized spacial score (nSPS) is 10.4. The first kappa shape index (κ1) is 11.0. The Balaban J connectivity index is 2.26.